The number of hydrogen-bond acceptors (Lipinski definition) is 5. The van der Waals surface area contributed by atoms with E-state index in [9.17, 15) is 23.3 Å². The standard InChI is InChI=1S/C11H13NO5S/c1-8(18(2,16)17)11(13)7-9-3-5-10(6-4-9)12(14)15/h3-6,8H,7H2,1-2H3. The van der Waals surface area contributed by atoms with E-state index in [2.05, 4.69) is 0 Å². The zero-order valence-electron chi connectivity index (χ0n) is 9.99. The summed E-state index contributed by atoms with van der Waals surface area (Å²) in [5.41, 5.74) is 0.489. The molecule has 0 aromatic heterocycles. The highest BCUT2D eigenvalue weighted by atomic mass is 32.2. The smallest absolute Gasteiger partial charge is 0.269 e. The van der Waals surface area contributed by atoms with Crippen LogP contribution < -0.4 is 0 Å². The van der Waals surface area contributed by atoms with Gasteiger partial charge in [-0.15, -0.1) is 0 Å². The molecule has 7 heteroatoms. The number of nitro benzene ring substituents is 1. The lowest BCUT2D eigenvalue weighted by atomic mass is 10.1. The number of benzene rings is 1. The van der Waals surface area contributed by atoms with E-state index in [1.165, 1.54) is 31.2 Å². The lowest BCUT2D eigenvalue weighted by molar-refractivity contribution is -0.384. The lowest BCUT2D eigenvalue weighted by Crippen LogP contribution is -2.27. The van der Waals surface area contributed by atoms with E-state index in [1.54, 1.807) is 0 Å². The Morgan fingerprint density at radius 2 is 1.83 bits per heavy atom. The molecule has 0 fully saturated rings. The van der Waals surface area contributed by atoms with Crippen LogP contribution in [-0.2, 0) is 21.1 Å². The number of non-ortho nitro benzene ring substituents is 1. The number of rotatable bonds is 5. The minimum absolute atomic E-state index is 0.0494. The molecule has 0 amide bonds. The van der Waals surface area contributed by atoms with Crippen LogP contribution in [0.25, 0.3) is 0 Å². The van der Waals surface area contributed by atoms with Crippen LogP contribution in [0.2, 0.25) is 0 Å². The highest BCUT2D eigenvalue weighted by molar-refractivity contribution is 7.92. The van der Waals surface area contributed by atoms with E-state index in [0.717, 1.165) is 6.26 Å². The van der Waals surface area contributed by atoms with Crippen molar-refractivity contribution in [2.75, 3.05) is 6.26 Å². The van der Waals surface area contributed by atoms with Crippen molar-refractivity contribution in [2.45, 2.75) is 18.6 Å². The topological polar surface area (TPSA) is 94.3 Å². The minimum atomic E-state index is -3.40. The predicted octanol–water partition coefficient (Wildman–Crippen LogP) is 1.14. The van der Waals surface area contributed by atoms with E-state index in [1.807, 2.05) is 0 Å². The maximum absolute atomic E-state index is 11.7. The predicted molar refractivity (Wildman–Crippen MR) is 66.1 cm³/mol. The van der Waals surface area contributed by atoms with Gasteiger partial charge in [0.2, 0.25) is 0 Å². The summed E-state index contributed by atoms with van der Waals surface area (Å²) in [6.45, 7) is 1.34. The van der Waals surface area contributed by atoms with Gasteiger partial charge < -0.3 is 0 Å². The zero-order chi connectivity index (χ0) is 13.9. The van der Waals surface area contributed by atoms with Gasteiger partial charge in [-0.3, -0.25) is 14.9 Å². The Morgan fingerprint density at radius 3 is 2.22 bits per heavy atom. The van der Waals surface area contributed by atoms with Crippen LogP contribution in [0.15, 0.2) is 24.3 Å². The number of carbonyl (C=O) groups excluding carboxylic acids is 1. The molecule has 0 aliphatic rings. The highest BCUT2D eigenvalue weighted by Crippen LogP contribution is 2.13. The number of sulfone groups is 1. The van der Waals surface area contributed by atoms with E-state index in [0.29, 0.717) is 5.56 Å². The summed E-state index contributed by atoms with van der Waals surface area (Å²) in [5, 5.41) is 9.37. The number of Topliss-reactive ketones (excluding diaryl/α,β-unsaturated/α-hetero) is 1. The van der Waals surface area contributed by atoms with Gasteiger partial charge in [0, 0.05) is 24.8 Å². The summed E-state index contributed by atoms with van der Waals surface area (Å²) in [4.78, 5) is 21.6. The molecule has 1 unspecified atom stereocenters. The Bertz CT molecular complexity index is 562. The number of carbonyl (C=O) groups is 1. The summed E-state index contributed by atoms with van der Waals surface area (Å²) < 4.78 is 22.4. The first-order valence-corrected chi connectivity index (χ1v) is 7.12. The average Bonchev–Trinajstić information content (AvgIpc) is 2.27. The fraction of sp³-hybridized carbons (Fsp3) is 0.364. The number of nitro groups is 1. The molecule has 18 heavy (non-hydrogen) atoms. The third-order valence-electron chi connectivity index (χ3n) is 2.62. The Hall–Kier alpha value is -1.76. The van der Waals surface area contributed by atoms with Gasteiger partial charge >= 0.3 is 0 Å². The molecule has 1 rings (SSSR count). The molecule has 0 saturated heterocycles. The fourth-order valence-corrected chi connectivity index (χ4v) is 1.88. The Kier molecular flexibility index (Phi) is 4.18. The largest absolute Gasteiger partial charge is 0.298 e. The van der Waals surface area contributed by atoms with Gasteiger partial charge in [-0.05, 0) is 12.5 Å². The van der Waals surface area contributed by atoms with Crippen LogP contribution in [0.5, 0.6) is 0 Å². The molecule has 98 valence electrons. The third kappa shape index (κ3) is 3.63. The SMILES string of the molecule is CC(C(=O)Cc1ccc([N+](=O)[O-])cc1)S(C)(=O)=O. The first-order valence-electron chi connectivity index (χ1n) is 5.16. The van der Waals surface area contributed by atoms with Crippen LogP contribution >= 0.6 is 0 Å². The molecular formula is C11H13NO5S. The van der Waals surface area contributed by atoms with Gasteiger partial charge in [-0.1, -0.05) is 12.1 Å². The van der Waals surface area contributed by atoms with Gasteiger partial charge in [-0.2, -0.15) is 0 Å². The Morgan fingerprint density at radius 1 is 1.33 bits per heavy atom. The van der Waals surface area contributed by atoms with E-state index < -0.39 is 25.8 Å². The monoisotopic (exact) mass is 271 g/mol. The molecule has 0 aliphatic heterocycles. The molecule has 0 heterocycles. The number of nitrogens with zero attached hydrogens (tertiary/aromatic N) is 1. The lowest BCUT2D eigenvalue weighted by Gasteiger charge is -2.07. The number of hydrogen-bond donors (Lipinski definition) is 0. The molecule has 0 N–H and O–H groups in total. The van der Waals surface area contributed by atoms with Crippen molar-refractivity contribution in [1.82, 2.24) is 0 Å². The molecule has 6 nitrogen and oxygen atoms in total. The second kappa shape index (κ2) is 5.26. The Balaban J connectivity index is 2.80. The maximum Gasteiger partial charge on any atom is 0.269 e. The zero-order valence-corrected chi connectivity index (χ0v) is 10.8. The van der Waals surface area contributed by atoms with Gasteiger partial charge in [-0.25, -0.2) is 8.42 Å². The highest BCUT2D eigenvalue weighted by Gasteiger charge is 2.23. The van der Waals surface area contributed by atoms with Crippen molar-refractivity contribution in [3.63, 3.8) is 0 Å². The van der Waals surface area contributed by atoms with Crippen LogP contribution in [0.1, 0.15) is 12.5 Å². The van der Waals surface area contributed by atoms with E-state index in [4.69, 9.17) is 0 Å². The minimum Gasteiger partial charge on any atom is -0.298 e. The van der Waals surface area contributed by atoms with E-state index >= 15 is 0 Å². The molecule has 0 radical (unpaired) electrons. The van der Waals surface area contributed by atoms with E-state index in [-0.39, 0.29) is 12.1 Å². The second-order valence-corrected chi connectivity index (χ2v) is 6.40. The summed E-state index contributed by atoms with van der Waals surface area (Å²) >= 11 is 0. The van der Waals surface area contributed by atoms with Crippen molar-refractivity contribution in [3.8, 4) is 0 Å². The van der Waals surface area contributed by atoms with Crippen molar-refractivity contribution in [1.29, 1.82) is 0 Å². The third-order valence-corrected chi connectivity index (χ3v) is 4.17. The number of ketones is 1. The summed E-state index contributed by atoms with van der Waals surface area (Å²) in [6, 6.07) is 5.47. The molecule has 1 aromatic carbocycles. The summed E-state index contributed by atoms with van der Waals surface area (Å²) in [7, 11) is -3.40. The van der Waals surface area contributed by atoms with Crippen molar-refractivity contribution < 1.29 is 18.1 Å². The van der Waals surface area contributed by atoms with Crippen LogP contribution in [-0.4, -0.2) is 30.6 Å². The average molecular weight is 271 g/mol. The molecule has 1 atom stereocenters. The normalized spacial score (nSPS) is 13.0. The quantitative estimate of drug-likeness (QED) is 0.591. The van der Waals surface area contributed by atoms with Gasteiger partial charge in [0.05, 0.1) is 4.92 Å². The van der Waals surface area contributed by atoms with Crippen LogP contribution in [0.3, 0.4) is 0 Å². The first kappa shape index (κ1) is 14.3. The van der Waals surface area contributed by atoms with Gasteiger partial charge in [0.1, 0.15) is 5.25 Å². The molecule has 0 spiro atoms. The first-order chi connectivity index (χ1) is 8.21. The Labute approximate surface area is 105 Å². The van der Waals surface area contributed by atoms with Gasteiger partial charge in [0.25, 0.3) is 5.69 Å². The molecule has 0 aliphatic carbocycles. The van der Waals surface area contributed by atoms with Crippen molar-refractivity contribution in [3.05, 3.63) is 39.9 Å². The summed E-state index contributed by atoms with van der Waals surface area (Å²) in [5.74, 6) is -0.425. The van der Waals surface area contributed by atoms with Crippen molar-refractivity contribution >= 4 is 21.3 Å². The van der Waals surface area contributed by atoms with Gasteiger partial charge in [0.15, 0.2) is 15.6 Å². The van der Waals surface area contributed by atoms with Crippen LogP contribution in [0.4, 0.5) is 5.69 Å². The molecule has 0 bridgehead atoms. The van der Waals surface area contributed by atoms with Crippen molar-refractivity contribution in [2.24, 2.45) is 0 Å². The second-order valence-electron chi connectivity index (χ2n) is 4.04. The molecular weight excluding hydrogens is 258 g/mol. The van der Waals surface area contributed by atoms with Crippen LogP contribution in [0, 0.1) is 10.1 Å². The molecule has 0 saturated carbocycles. The maximum atomic E-state index is 11.7. The fourth-order valence-electron chi connectivity index (χ4n) is 1.32. The molecule has 1 aromatic rings. The summed E-state index contributed by atoms with van der Waals surface area (Å²) in [6.07, 6.45) is 0.956.